The number of alkyl halides is 1. The molecule has 1 saturated heterocycles. The SMILES string of the molecule is CC#CC1(F)C(CO)[C@@H]([C@@H](C)OP(=O)(O)OP(=O)(O)OP(=O)(O)O)O[C@H]1n1ncc(=O)[nH]c1=O. The highest BCUT2D eigenvalue weighted by Crippen LogP contribution is 2.67. The molecule has 2 rings (SSSR count). The minimum Gasteiger partial charge on any atom is -0.396 e. The van der Waals surface area contributed by atoms with Crippen molar-refractivity contribution in [3.8, 4) is 11.8 Å². The molecule has 2 heterocycles. The van der Waals surface area contributed by atoms with Crippen LogP contribution in [0.2, 0.25) is 0 Å². The molecule has 0 saturated carbocycles. The molecule has 17 nitrogen and oxygen atoms in total. The second-order valence-corrected chi connectivity index (χ2v) is 11.0. The van der Waals surface area contributed by atoms with Crippen molar-refractivity contribution in [1.82, 2.24) is 14.8 Å². The third-order valence-electron chi connectivity index (χ3n) is 4.23. The van der Waals surface area contributed by atoms with E-state index in [0.29, 0.717) is 10.9 Å². The smallest absolute Gasteiger partial charge is 0.396 e. The lowest BCUT2D eigenvalue weighted by atomic mass is 9.85. The zero-order valence-electron chi connectivity index (χ0n) is 17.1. The van der Waals surface area contributed by atoms with Gasteiger partial charge in [-0.3, -0.25) is 14.3 Å². The number of aliphatic hydroxyl groups excluding tert-OH is 1. The molecule has 6 N–H and O–H groups in total. The lowest BCUT2D eigenvalue weighted by molar-refractivity contribution is -0.0799. The summed E-state index contributed by atoms with van der Waals surface area (Å²) in [7, 11) is -17.1. The minimum absolute atomic E-state index is 0.367. The van der Waals surface area contributed by atoms with Crippen LogP contribution >= 0.6 is 23.5 Å². The number of hydrogen-bond acceptors (Lipinski definition) is 11. The van der Waals surface area contributed by atoms with Crippen LogP contribution in [0.25, 0.3) is 0 Å². The summed E-state index contributed by atoms with van der Waals surface area (Å²) >= 11 is 0. The number of phosphoric ester groups is 1. The number of ether oxygens (including phenoxy) is 1. The molecule has 0 aliphatic carbocycles. The van der Waals surface area contributed by atoms with Crippen molar-refractivity contribution < 1.29 is 60.6 Å². The average molecular weight is 553 g/mol. The highest BCUT2D eigenvalue weighted by atomic mass is 31.3. The van der Waals surface area contributed by atoms with Gasteiger partial charge in [0.25, 0.3) is 5.56 Å². The second-order valence-electron chi connectivity index (χ2n) is 6.67. The quantitative estimate of drug-likeness (QED) is 0.157. The number of nitrogens with zero attached hydrogens (tertiary/aromatic N) is 2. The summed E-state index contributed by atoms with van der Waals surface area (Å²) in [5, 5.41) is 13.2. The summed E-state index contributed by atoms with van der Waals surface area (Å²) < 4.78 is 67.8. The number of hydrogen-bond donors (Lipinski definition) is 6. The minimum atomic E-state index is -5.83. The Hall–Kier alpha value is -1.57. The number of nitrogens with one attached hydrogen (secondary N) is 1. The van der Waals surface area contributed by atoms with Crippen molar-refractivity contribution in [3.63, 3.8) is 0 Å². The lowest BCUT2D eigenvalue weighted by Gasteiger charge is -2.27. The van der Waals surface area contributed by atoms with E-state index < -0.39 is 71.3 Å². The average Bonchev–Trinajstić information content (AvgIpc) is 2.90. The van der Waals surface area contributed by atoms with Gasteiger partial charge in [0.15, 0.2) is 0 Å². The molecule has 1 aromatic rings. The van der Waals surface area contributed by atoms with Crippen molar-refractivity contribution in [3.05, 3.63) is 27.0 Å². The number of phosphoric acid groups is 3. The zero-order valence-corrected chi connectivity index (χ0v) is 19.8. The topological polar surface area (TPSA) is 257 Å². The van der Waals surface area contributed by atoms with Crippen LogP contribution in [0, 0.1) is 17.8 Å². The molecule has 1 aromatic heterocycles. The van der Waals surface area contributed by atoms with E-state index in [9.17, 15) is 38.2 Å². The molecule has 1 aliphatic heterocycles. The number of halogens is 1. The van der Waals surface area contributed by atoms with Crippen LogP contribution in [0.4, 0.5) is 4.39 Å². The van der Waals surface area contributed by atoms with Gasteiger partial charge >= 0.3 is 29.2 Å². The van der Waals surface area contributed by atoms with E-state index in [2.05, 4.69) is 30.1 Å². The molecule has 0 aromatic carbocycles. The Kier molecular flexibility index (Phi) is 8.60. The van der Waals surface area contributed by atoms with E-state index in [1.807, 2.05) is 4.98 Å². The molecule has 34 heavy (non-hydrogen) atoms. The monoisotopic (exact) mass is 553 g/mol. The van der Waals surface area contributed by atoms with Gasteiger partial charge in [0, 0.05) is 0 Å². The molecule has 0 spiro atoms. The normalized spacial score (nSPS) is 29.5. The van der Waals surface area contributed by atoms with Crippen molar-refractivity contribution in [2.45, 2.75) is 38.0 Å². The van der Waals surface area contributed by atoms with E-state index in [-0.39, 0.29) is 0 Å². The van der Waals surface area contributed by atoms with Crippen LogP contribution in [-0.2, 0) is 31.6 Å². The van der Waals surface area contributed by atoms with Gasteiger partial charge in [-0.25, -0.2) is 22.9 Å². The Bertz CT molecular complexity index is 1230. The zero-order chi connectivity index (χ0) is 26.1. The van der Waals surface area contributed by atoms with Gasteiger partial charge in [-0.1, -0.05) is 5.92 Å². The van der Waals surface area contributed by atoms with Gasteiger partial charge in [-0.05, 0) is 13.8 Å². The Labute approximate surface area is 188 Å². The molecule has 0 bridgehead atoms. The van der Waals surface area contributed by atoms with Crippen LogP contribution in [0.3, 0.4) is 0 Å². The Morgan fingerprint density at radius 2 is 1.88 bits per heavy atom. The standard InChI is InChI=1S/C13H19FN3O14P3/c1-3-4-13(14)8(6-18)10(28-11(13)17-12(20)16-9(19)5-15-17)7(2)29-33(24,25)31-34(26,27)30-32(21,22)23/h5,7-8,10-11,18H,6H2,1-2H3,(H,24,25)(H,26,27)(H,16,19,20)(H2,21,22,23)/t7-,8?,10-,11-,13?/m1/s1. The summed E-state index contributed by atoms with van der Waals surface area (Å²) in [5.41, 5.74) is -4.99. The van der Waals surface area contributed by atoms with E-state index in [0.717, 1.165) is 6.92 Å². The lowest BCUT2D eigenvalue weighted by Crippen LogP contribution is -2.45. The predicted molar refractivity (Wildman–Crippen MR) is 105 cm³/mol. The van der Waals surface area contributed by atoms with Crippen molar-refractivity contribution in [1.29, 1.82) is 0 Å². The second kappa shape index (κ2) is 10.2. The molecule has 0 amide bonds. The molecular formula is C13H19FN3O14P3. The van der Waals surface area contributed by atoms with E-state index in [1.165, 1.54) is 6.92 Å². The van der Waals surface area contributed by atoms with Crippen LogP contribution < -0.4 is 11.2 Å². The molecule has 1 aliphatic rings. The Morgan fingerprint density at radius 3 is 2.38 bits per heavy atom. The van der Waals surface area contributed by atoms with Gasteiger partial charge < -0.3 is 29.4 Å². The first-order valence-corrected chi connectivity index (χ1v) is 13.4. The van der Waals surface area contributed by atoms with Gasteiger partial charge in [-0.2, -0.15) is 18.4 Å². The summed E-state index contributed by atoms with van der Waals surface area (Å²) in [5.74, 6) is 2.69. The third kappa shape index (κ3) is 6.76. The predicted octanol–water partition coefficient (Wildman–Crippen LogP) is -1.10. The number of aromatic nitrogens is 3. The fourth-order valence-electron chi connectivity index (χ4n) is 3.12. The maximum atomic E-state index is 15.9. The number of aliphatic hydroxyl groups is 1. The van der Waals surface area contributed by atoms with Crippen molar-refractivity contribution in [2.24, 2.45) is 5.92 Å². The summed E-state index contributed by atoms with van der Waals surface area (Å²) in [6.45, 7) is 1.18. The molecule has 21 heteroatoms. The van der Waals surface area contributed by atoms with Crippen LogP contribution in [0.15, 0.2) is 15.8 Å². The van der Waals surface area contributed by atoms with Gasteiger partial charge in [0.1, 0.15) is 6.20 Å². The van der Waals surface area contributed by atoms with Crippen LogP contribution in [0.5, 0.6) is 0 Å². The molecule has 7 atom stereocenters. The number of aromatic amines is 1. The maximum absolute atomic E-state index is 15.9. The summed E-state index contributed by atoms with van der Waals surface area (Å²) in [6.07, 6.45) is -4.81. The molecular weight excluding hydrogens is 534 g/mol. The first-order valence-electron chi connectivity index (χ1n) is 8.84. The fraction of sp³-hybridized carbons (Fsp3) is 0.615. The Balaban J connectivity index is 2.38. The van der Waals surface area contributed by atoms with E-state index in [4.69, 9.17) is 14.5 Å². The summed E-state index contributed by atoms with van der Waals surface area (Å²) in [6, 6.07) is 0. The van der Waals surface area contributed by atoms with Gasteiger partial charge in [0.05, 0.1) is 24.7 Å². The Morgan fingerprint density at radius 1 is 1.26 bits per heavy atom. The van der Waals surface area contributed by atoms with Crippen molar-refractivity contribution in [2.75, 3.05) is 6.61 Å². The van der Waals surface area contributed by atoms with Crippen LogP contribution in [-0.4, -0.2) is 63.9 Å². The number of rotatable bonds is 9. The highest BCUT2D eigenvalue weighted by Gasteiger charge is 2.60. The molecule has 192 valence electrons. The van der Waals surface area contributed by atoms with E-state index >= 15 is 4.39 Å². The number of H-pyrrole nitrogens is 1. The van der Waals surface area contributed by atoms with Crippen molar-refractivity contribution >= 4 is 23.5 Å². The fourth-order valence-corrected chi connectivity index (χ4v) is 6.32. The first-order chi connectivity index (χ1) is 15.4. The van der Waals surface area contributed by atoms with E-state index in [1.54, 1.807) is 0 Å². The van der Waals surface area contributed by atoms with Gasteiger partial charge in [0.2, 0.25) is 11.9 Å². The first kappa shape index (κ1) is 28.7. The molecule has 1 fully saturated rings. The molecule has 0 radical (unpaired) electrons. The molecule has 4 unspecified atom stereocenters. The third-order valence-corrected chi connectivity index (χ3v) is 8.16. The maximum Gasteiger partial charge on any atom is 0.490 e. The van der Waals surface area contributed by atoms with Gasteiger partial charge in [-0.15, -0.1) is 5.92 Å². The van der Waals surface area contributed by atoms with Crippen LogP contribution in [0.1, 0.15) is 20.1 Å². The highest BCUT2D eigenvalue weighted by molar-refractivity contribution is 7.66. The summed E-state index contributed by atoms with van der Waals surface area (Å²) in [4.78, 5) is 61.3. The largest absolute Gasteiger partial charge is 0.490 e.